The van der Waals surface area contributed by atoms with Crippen LogP contribution in [-0.4, -0.2) is 32.4 Å². The normalized spacial score (nSPS) is 12.3. The smallest absolute Gasteiger partial charge is 0.407 e. The van der Waals surface area contributed by atoms with Crippen LogP contribution in [0.2, 0.25) is 0 Å². The lowest BCUT2D eigenvalue weighted by Crippen LogP contribution is -2.26. The van der Waals surface area contributed by atoms with Crippen LogP contribution in [0, 0.1) is 0 Å². The van der Waals surface area contributed by atoms with Gasteiger partial charge in [0.2, 0.25) is 10.0 Å². The third-order valence-corrected chi connectivity index (χ3v) is 10.9. The summed E-state index contributed by atoms with van der Waals surface area (Å²) in [4.78, 5) is 30.3. The van der Waals surface area contributed by atoms with Crippen LogP contribution >= 0.6 is 34.4 Å². The van der Waals surface area contributed by atoms with Crippen LogP contribution in [0.3, 0.4) is 0 Å². The maximum Gasteiger partial charge on any atom is 0.407 e. The highest BCUT2D eigenvalue weighted by Crippen LogP contribution is 2.44. The number of halogens is 1. The lowest BCUT2D eigenvalue weighted by atomic mass is 9.97. The predicted octanol–water partition coefficient (Wildman–Crippen LogP) is 7.33. The molecule has 1 heterocycles. The van der Waals surface area contributed by atoms with Gasteiger partial charge in [-0.05, 0) is 68.8 Å². The van der Waals surface area contributed by atoms with Crippen LogP contribution in [0.4, 0.5) is 4.79 Å². The average molecular weight is 762 g/mol. The number of aldehydes is 1. The number of primary sulfonamides is 1. The highest BCUT2D eigenvalue weighted by Gasteiger charge is 2.29. The Hall–Kier alpha value is -4.04. The number of hydrogen-bond donors (Lipinski definition) is 2. The number of fused-ring (bicyclic) bond motifs is 3. The van der Waals surface area contributed by atoms with Gasteiger partial charge < -0.3 is 10.1 Å². The van der Waals surface area contributed by atoms with Crippen molar-refractivity contribution in [1.29, 1.82) is 0 Å². The number of hydrogen-bond acceptors (Lipinski definition) is 7. The maximum absolute atomic E-state index is 13.2. The summed E-state index contributed by atoms with van der Waals surface area (Å²) < 4.78 is 30.3. The molecule has 232 valence electrons. The number of aromatic nitrogens is 1. The fourth-order valence-electron chi connectivity index (χ4n) is 5.66. The fraction of sp³-hybridized carbons (Fsp3) is 0.114. The minimum Gasteiger partial charge on any atom is -0.449 e. The summed E-state index contributed by atoms with van der Waals surface area (Å²) in [5.41, 5.74) is 8.26. The molecule has 0 radical (unpaired) electrons. The summed E-state index contributed by atoms with van der Waals surface area (Å²) in [6.07, 6.45) is 1.83. The van der Waals surface area contributed by atoms with E-state index in [1.807, 2.05) is 36.4 Å². The SMILES string of the molecule is NS(=O)(=O)c1ccc(-c2ccc(CI)c(Sc3ncccc3C=O)c2CNC(=O)OCC2c3ccccc3-c3ccccc32)cc1. The van der Waals surface area contributed by atoms with Crippen molar-refractivity contribution in [2.75, 3.05) is 6.61 Å². The molecule has 1 aliphatic rings. The van der Waals surface area contributed by atoms with Crippen molar-refractivity contribution in [1.82, 2.24) is 10.3 Å². The van der Waals surface area contributed by atoms with Crippen molar-refractivity contribution < 1.29 is 22.7 Å². The quantitative estimate of drug-likeness (QED) is 0.0867. The van der Waals surface area contributed by atoms with Crippen LogP contribution in [0.5, 0.6) is 0 Å². The second kappa shape index (κ2) is 13.8. The van der Waals surface area contributed by atoms with E-state index < -0.39 is 16.1 Å². The molecule has 11 heteroatoms. The Labute approximate surface area is 285 Å². The average Bonchev–Trinajstić information content (AvgIpc) is 3.40. The molecule has 0 fully saturated rings. The molecule has 0 saturated carbocycles. The van der Waals surface area contributed by atoms with Crippen LogP contribution < -0.4 is 10.5 Å². The molecule has 0 aliphatic heterocycles. The third kappa shape index (κ3) is 6.59. The number of ether oxygens (including phenoxy) is 1. The Morgan fingerprint density at radius 3 is 2.22 bits per heavy atom. The van der Waals surface area contributed by atoms with E-state index in [-0.39, 0.29) is 24.0 Å². The lowest BCUT2D eigenvalue weighted by molar-refractivity contribution is 0.112. The zero-order valence-corrected chi connectivity index (χ0v) is 28.1. The number of alkyl carbamates (subject to hydrolysis) is 1. The van der Waals surface area contributed by atoms with E-state index in [1.54, 1.807) is 30.5 Å². The third-order valence-electron chi connectivity index (χ3n) is 7.86. The minimum absolute atomic E-state index is 0.00264. The predicted molar refractivity (Wildman–Crippen MR) is 187 cm³/mol. The van der Waals surface area contributed by atoms with E-state index in [4.69, 9.17) is 9.88 Å². The maximum atomic E-state index is 13.2. The molecule has 6 rings (SSSR count). The molecule has 0 saturated heterocycles. The molecule has 0 bridgehead atoms. The number of sulfonamides is 1. The zero-order valence-electron chi connectivity index (χ0n) is 24.4. The zero-order chi connectivity index (χ0) is 32.3. The Bertz CT molecular complexity index is 2010. The van der Waals surface area contributed by atoms with E-state index in [9.17, 15) is 18.0 Å². The number of nitrogens with one attached hydrogen (secondary N) is 1. The number of pyridine rings is 1. The molecule has 8 nitrogen and oxygen atoms in total. The largest absolute Gasteiger partial charge is 0.449 e. The molecule has 4 aromatic carbocycles. The monoisotopic (exact) mass is 761 g/mol. The number of carbonyl (C=O) groups is 2. The van der Waals surface area contributed by atoms with E-state index in [1.165, 1.54) is 23.9 Å². The molecule has 1 aromatic heterocycles. The number of nitrogens with zero attached hydrogens (tertiary/aromatic N) is 1. The van der Waals surface area contributed by atoms with Crippen LogP contribution in [0.25, 0.3) is 22.3 Å². The summed E-state index contributed by atoms with van der Waals surface area (Å²) >= 11 is 3.62. The van der Waals surface area contributed by atoms with Crippen molar-refractivity contribution in [3.8, 4) is 22.3 Å². The van der Waals surface area contributed by atoms with Gasteiger partial charge in [0.25, 0.3) is 0 Å². The molecular weight excluding hydrogens is 733 g/mol. The van der Waals surface area contributed by atoms with Crippen LogP contribution in [-0.2, 0) is 25.7 Å². The first-order valence-electron chi connectivity index (χ1n) is 14.3. The van der Waals surface area contributed by atoms with Gasteiger partial charge in [0.15, 0.2) is 6.29 Å². The standard InChI is InChI=1S/C35H28IN3O5S2/c36-18-23-13-16-26(22-11-14-25(15-12-22)46(37,42)43)31(33(23)45-34-24(20-40)6-5-17-38-34)19-39-35(41)44-21-32-29-9-3-1-7-27(29)28-8-2-4-10-30(28)32/h1-17,20,32H,18-19,21H2,(H,39,41)(H2,37,42,43). The van der Waals surface area contributed by atoms with Gasteiger partial charge in [0, 0.05) is 33.5 Å². The Balaban J connectivity index is 1.30. The van der Waals surface area contributed by atoms with Gasteiger partial charge in [-0.2, -0.15) is 0 Å². The summed E-state index contributed by atoms with van der Waals surface area (Å²) in [6.45, 7) is 0.285. The van der Waals surface area contributed by atoms with E-state index in [0.29, 0.717) is 15.0 Å². The number of rotatable bonds is 10. The van der Waals surface area contributed by atoms with Gasteiger partial charge in [-0.1, -0.05) is 107 Å². The minimum atomic E-state index is -3.87. The van der Waals surface area contributed by atoms with Gasteiger partial charge in [0.1, 0.15) is 11.6 Å². The Morgan fingerprint density at radius 2 is 1.59 bits per heavy atom. The van der Waals surface area contributed by atoms with Crippen LogP contribution in [0.1, 0.15) is 38.5 Å². The molecule has 5 aromatic rings. The van der Waals surface area contributed by atoms with Gasteiger partial charge in [-0.25, -0.2) is 23.3 Å². The van der Waals surface area contributed by atoms with E-state index >= 15 is 0 Å². The molecule has 0 unspecified atom stereocenters. The first-order valence-corrected chi connectivity index (χ1v) is 18.2. The highest BCUT2D eigenvalue weighted by atomic mass is 127. The summed E-state index contributed by atoms with van der Waals surface area (Å²) in [5.74, 6) is -0.0783. The van der Waals surface area contributed by atoms with Gasteiger partial charge in [-0.3, -0.25) is 4.79 Å². The van der Waals surface area contributed by atoms with Crippen molar-refractivity contribution in [2.24, 2.45) is 5.14 Å². The van der Waals surface area contributed by atoms with Crippen molar-refractivity contribution in [3.63, 3.8) is 0 Å². The highest BCUT2D eigenvalue weighted by molar-refractivity contribution is 14.1. The first kappa shape index (κ1) is 31.9. The Kier molecular flexibility index (Phi) is 9.54. The van der Waals surface area contributed by atoms with Gasteiger partial charge >= 0.3 is 6.09 Å². The molecule has 1 aliphatic carbocycles. The lowest BCUT2D eigenvalue weighted by Gasteiger charge is -2.20. The van der Waals surface area contributed by atoms with Crippen LogP contribution in [0.15, 0.2) is 118 Å². The summed E-state index contributed by atoms with van der Waals surface area (Å²) in [6, 6.07) is 29.9. The first-order chi connectivity index (χ1) is 22.3. The number of alkyl halides is 1. The second-order valence-corrected chi connectivity index (χ2v) is 13.9. The second-order valence-electron chi connectivity index (χ2n) is 10.6. The molecular formula is C35H28IN3O5S2. The number of benzene rings is 4. The van der Waals surface area contributed by atoms with Crippen molar-refractivity contribution in [2.45, 2.75) is 31.7 Å². The topological polar surface area (TPSA) is 128 Å². The molecule has 46 heavy (non-hydrogen) atoms. The molecule has 3 N–H and O–H groups in total. The van der Waals surface area contributed by atoms with E-state index in [2.05, 4.69) is 57.2 Å². The summed E-state index contributed by atoms with van der Waals surface area (Å²) in [7, 11) is -3.87. The molecule has 0 atom stereocenters. The van der Waals surface area contributed by atoms with Gasteiger partial charge in [-0.15, -0.1) is 0 Å². The van der Waals surface area contributed by atoms with Crippen molar-refractivity contribution >= 4 is 56.8 Å². The number of amides is 1. The van der Waals surface area contributed by atoms with E-state index in [0.717, 1.165) is 55.7 Å². The Morgan fingerprint density at radius 1 is 0.913 bits per heavy atom. The fourth-order valence-corrected chi connectivity index (χ4v) is 8.19. The van der Waals surface area contributed by atoms with Gasteiger partial charge in [0.05, 0.1) is 4.90 Å². The molecule has 1 amide bonds. The molecule has 0 spiro atoms. The number of carbonyl (C=O) groups excluding carboxylic acids is 2. The number of nitrogens with two attached hydrogens (primary N) is 1. The van der Waals surface area contributed by atoms with Crippen molar-refractivity contribution in [3.05, 3.63) is 131 Å². The summed E-state index contributed by atoms with van der Waals surface area (Å²) in [5, 5.41) is 8.80.